The summed E-state index contributed by atoms with van der Waals surface area (Å²) in [5.41, 5.74) is 5.16. The molecule has 0 radical (unpaired) electrons. The first-order valence-corrected chi connectivity index (χ1v) is 7.47. The fourth-order valence-corrected chi connectivity index (χ4v) is 2.90. The minimum atomic E-state index is 0.687. The maximum absolute atomic E-state index is 6.03. The van der Waals surface area contributed by atoms with Gasteiger partial charge in [-0.1, -0.05) is 54.6 Å². The molecule has 0 atom stereocenters. The van der Waals surface area contributed by atoms with Gasteiger partial charge in [0.2, 0.25) is 0 Å². The van der Waals surface area contributed by atoms with Crippen LogP contribution in [-0.4, -0.2) is 0 Å². The van der Waals surface area contributed by atoms with Crippen molar-refractivity contribution in [3.8, 4) is 11.1 Å². The molecular weight excluding hydrogens is 292 g/mol. The molecule has 0 N–H and O–H groups in total. The lowest BCUT2D eigenvalue weighted by Crippen LogP contribution is -1.78. The van der Waals surface area contributed by atoms with Crippen LogP contribution in [0.3, 0.4) is 0 Å². The molecule has 0 spiro atoms. The van der Waals surface area contributed by atoms with E-state index in [1.54, 1.807) is 0 Å². The fourth-order valence-electron chi connectivity index (χ4n) is 2.74. The van der Waals surface area contributed by atoms with Crippen LogP contribution in [0.15, 0.2) is 71.7 Å². The lowest BCUT2D eigenvalue weighted by molar-refractivity contribution is 0.669. The molecule has 106 valence electrons. The van der Waals surface area contributed by atoms with Crippen LogP contribution < -0.4 is 0 Å². The van der Waals surface area contributed by atoms with Crippen molar-refractivity contribution in [1.82, 2.24) is 0 Å². The molecule has 1 nitrogen and oxygen atoms in total. The highest BCUT2D eigenvalue weighted by atomic mass is 35.5. The van der Waals surface area contributed by atoms with Crippen molar-refractivity contribution in [1.29, 1.82) is 0 Å². The van der Waals surface area contributed by atoms with Crippen molar-refractivity contribution < 1.29 is 4.42 Å². The summed E-state index contributed by atoms with van der Waals surface area (Å²) in [6.07, 6.45) is 1.85. The van der Waals surface area contributed by atoms with E-state index in [1.165, 1.54) is 11.1 Å². The van der Waals surface area contributed by atoms with Crippen LogP contribution in [0.2, 0.25) is 5.02 Å². The number of hydrogen-bond donors (Lipinski definition) is 0. The average Bonchev–Trinajstić information content (AvgIpc) is 2.91. The molecule has 0 aliphatic carbocycles. The monoisotopic (exact) mass is 304 g/mol. The maximum Gasteiger partial charge on any atom is 0.136 e. The van der Waals surface area contributed by atoms with Crippen LogP contribution in [0, 0.1) is 0 Å². The van der Waals surface area contributed by atoms with Crippen LogP contribution >= 0.6 is 11.6 Å². The van der Waals surface area contributed by atoms with Gasteiger partial charge < -0.3 is 4.42 Å². The average molecular weight is 305 g/mol. The van der Waals surface area contributed by atoms with Gasteiger partial charge in [-0.2, -0.15) is 0 Å². The van der Waals surface area contributed by atoms with Gasteiger partial charge in [0.1, 0.15) is 11.2 Å². The number of furan rings is 1. The molecular formula is C20H13ClO. The molecule has 0 saturated carbocycles. The molecule has 0 amide bonds. The molecule has 4 rings (SSSR count). The lowest BCUT2D eigenvalue weighted by atomic mass is 10.0. The van der Waals surface area contributed by atoms with Gasteiger partial charge in [0.15, 0.2) is 0 Å². The number of benzene rings is 3. The zero-order valence-corrected chi connectivity index (χ0v) is 12.6. The summed E-state index contributed by atoms with van der Waals surface area (Å²) in [5.74, 6) is 0. The summed E-state index contributed by atoms with van der Waals surface area (Å²) in [6, 6.07) is 20.4. The quantitative estimate of drug-likeness (QED) is 0.409. The summed E-state index contributed by atoms with van der Waals surface area (Å²) in [6.45, 7) is 3.79. The second kappa shape index (κ2) is 5.04. The van der Waals surface area contributed by atoms with Gasteiger partial charge in [0, 0.05) is 21.9 Å². The predicted molar refractivity (Wildman–Crippen MR) is 94.3 cm³/mol. The van der Waals surface area contributed by atoms with Gasteiger partial charge in [-0.05, 0) is 41.0 Å². The van der Waals surface area contributed by atoms with E-state index in [4.69, 9.17) is 16.0 Å². The Morgan fingerprint density at radius 2 is 1.55 bits per heavy atom. The Kier molecular flexibility index (Phi) is 3.02. The Hall–Kier alpha value is -2.51. The molecule has 3 aromatic carbocycles. The van der Waals surface area contributed by atoms with Crippen LogP contribution in [0.1, 0.15) is 5.56 Å². The fraction of sp³-hybridized carbons (Fsp3) is 0. The summed E-state index contributed by atoms with van der Waals surface area (Å²) in [7, 11) is 0. The van der Waals surface area contributed by atoms with Gasteiger partial charge in [-0.15, -0.1) is 0 Å². The molecule has 1 heterocycles. The largest absolute Gasteiger partial charge is 0.456 e. The molecule has 0 saturated heterocycles. The second-order valence-electron chi connectivity index (χ2n) is 5.28. The van der Waals surface area contributed by atoms with Crippen molar-refractivity contribution in [2.45, 2.75) is 0 Å². The Morgan fingerprint density at radius 1 is 0.773 bits per heavy atom. The van der Waals surface area contributed by atoms with Gasteiger partial charge in [0.05, 0.1) is 0 Å². The number of fused-ring (bicyclic) bond motifs is 3. The van der Waals surface area contributed by atoms with E-state index < -0.39 is 0 Å². The Labute approximate surface area is 133 Å². The van der Waals surface area contributed by atoms with E-state index in [1.807, 2.05) is 30.3 Å². The summed E-state index contributed by atoms with van der Waals surface area (Å²) in [5, 5.41) is 2.88. The van der Waals surface area contributed by atoms with Gasteiger partial charge in [-0.3, -0.25) is 0 Å². The zero-order chi connectivity index (χ0) is 15.1. The number of hydrogen-bond acceptors (Lipinski definition) is 1. The number of halogens is 1. The van der Waals surface area contributed by atoms with Gasteiger partial charge in [0.25, 0.3) is 0 Å². The lowest BCUT2D eigenvalue weighted by Gasteiger charge is -2.02. The molecule has 1 aromatic heterocycles. The predicted octanol–water partition coefficient (Wildman–Crippen LogP) is 6.55. The molecule has 0 fully saturated rings. The summed E-state index contributed by atoms with van der Waals surface area (Å²) < 4.78 is 5.86. The minimum absolute atomic E-state index is 0.687. The first-order chi connectivity index (χ1) is 10.7. The van der Waals surface area contributed by atoms with E-state index in [0.717, 1.165) is 27.5 Å². The van der Waals surface area contributed by atoms with E-state index >= 15 is 0 Å². The minimum Gasteiger partial charge on any atom is -0.456 e. The summed E-state index contributed by atoms with van der Waals surface area (Å²) in [4.78, 5) is 0. The standard InChI is InChI=1S/C20H13ClO/c1-2-13-3-5-14(6-4-13)15-7-10-19-18(11-15)17-9-8-16(21)12-20(17)22-19/h2-12H,1H2. The highest BCUT2D eigenvalue weighted by Gasteiger charge is 2.08. The smallest absolute Gasteiger partial charge is 0.136 e. The number of rotatable bonds is 2. The Morgan fingerprint density at radius 3 is 2.32 bits per heavy atom. The van der Waals surface area contributed by atoms with Crippen molar-refractivity contribution in [2.75, 3.05) is 0 Å². The highest BCUT2D eigenvalue weighted by molar-refractivity contribution is 6.31. The highest BCUT2D eigenvalue weighted by Crippen LogP contribution is 2.33. The van der Waals surface area contributed by atoms with Crippen molar-refractivity contribution in [3.05, 3.63) is 77.8 Å². The second-order valence-corrected chi connectivity index (χ2v) is 5.72. The maximum atomic E-state index is 6.03. The first kappa shape index (κ1) is 13.2. The summed E-state index contributed by atoms with van der Waals surface area (Å²) >= 11 is 6.03. The third-order valence-corrected chi connectivity index (χ3v) is 4.15. The van der Waals surface area contributed by atoms with Crippen LogP contribution in [0.4, 0.5) is 0 Å². The van der Waals surface area contributed by atoms with Gasteiger partial charge in [-0.25, -0.2) is 0 Å². The molecule has 0 bridgehead atoms. The Balaban J connectivity index is 1.91. The van der Waals surface area contributed by atoms with Crippen molar-refractivity contribution in [2.24, 2.45) is 0 Å². The molecule has 0 unspecified atom stereocenters. The van der Waals surface area contributed by atoms with E-state index in [2.05, 4.69) is 43.0 Å². The molecule has 2 heteroatoms. The molecule has 4 aromatic rings. The zero-order valence-electron chi connectivity index (χ0n) is 11.8. The topological polar surface area (TPSA) is 13.1 Å². The van der Waals surface area contributed by atoms with Gasteiger partial charge >= 0.3 is 0 Å². The van der Waals surface area contributed by atoms with Crippen LogP contribution in [0.5, 0.6) is 0 Å². The third-order valence-electron chi connectivity index (χ3n) is 3.91. The molecule has 22 heavy (non-hydrogen) atoms. The van der Waals surface area contributed by atoms with Crippen LogP contribution in [-0.2, 0) is 0 Å². The molecule has 0 aliphatic heterocycles. The first-order valence-electron chi connectivity index (χ1n) is 7.09. The third kappa shape index (κ3) is 2.11. The Bertz CT molecular complexity index is 994. The normalized spacial score (nSPS) is 11.1. The molecule has 0 aliphatic rings. The van der Waals surface area contributed by atoms with Crippen LogP contribution in [0.25, 0.3) is 39.1 Å². The SMILES string of the molecule is C=Cc1ccc(-c2ccc3oc4cc(Cl)ccc4c3c2)cc1. The van der Waals surface area contributed by atoms with E-state index in [-0.39, 0.29) is 0 Å². The van der Waals surface area contributed by atoms with Crippen molar-refractivity contribution in [3.63, 3.8) is 0 Å². The van der Waals surface area contributed by atoms with E-state index in [9.17, 15) is 0 Å². The van der Waals surface area contributed by atoms with Crippen molar-refractivity contribution >= 4 is 39.6 Å². The van der Waals surface area contributed by atoms with E-state index in [0.29, 0.717) is 5.02 Å².